The largest absolute Gasteiger partial charge is 0.507 e. The Bertz CT molecular complexity index is 820. The summed E-state index contributed by atoms with van der Waals surface area (Å²) in [5.74, 6) is 0.607. The summed E-state index contributed by atoms with van der Waals surface area (Å²) in [6.07, 6.45) is 20.9. The number of aromatic hydroxyl groups is 1. The molecule has 35 heavy (non-hydrogen) atoms. The van der Waals surface area contributed by atoms with Gasteiger partial charge in [0.15, 0.2) is 0 Å². The van der Waals surface area contributed by atoms with Crippen molar-refractivity contribution >= 4 is 6.09 Å². The molecule has 2 rings (SSSR count). The molecule has 2 aromatic carbocycles. The highest BCUT2D eigenvalue weighted by Gasteiger charge is 2.12. The summed E-state index contributed by atoms with van der Waals surface area (Å²) in [6.45, 7) is 2.90. The van der Waals surface area contributed by atoms with Crippen LogP contribution in [0.3, 0.4) is 0 Å². The average molecular weight is 482 g/mol. The van der Waals surface area contributed by atoms with Crippen molar-refractivity contribution in [3.05, 3.63) is 48.5 Å². The number of hydrogen-bond acceptors (Lipinski definition) is 3. The first-order valence-corrected chi connectivity index (χ1v) is 14.1. The van der Waals surface area contributed by atoms with Gasteiger partial charge in [0, 0.05) is 17.7 Å². The molecule has 2 N–H and O–H groups in total. The Hall–Kier alpha value is -2.49. The van der Waals surface area contributed by atoms with Crippen molar-refractivity contribution in [2.24, 2.45) is 0 Å². The number of hydrogen-bond donors (Lipinski definition) is 2. The van der Waals surface area contributed by atoms with Crippen molar-refractivity contribution in [1.82, 2.24) is 5.32 Å². The van der Waals surface area contributed by atoms with Crippen molar-refractivity contribution in [2.45, 2.75) is 110 Å². The van der Waals surface area contributed by atoms with Crippen LogP contribution < -0.4 is 10.1 Å². The number of para-hydroxylation sites is 2. The van der Waals surface area contributed by atoms with Gasteiger partial charge in [-0.15, -0.1) is 0 Å². The topological polar surface area (TPSA) is 58.6 Å². The lowest BCUT2D eigenvalue weighted by Crippen LogP contribution is -2.27. The highest BCUT2D eigenvalue weighted by Crippen LogP contribution is 2.35. The molecular weight excluding hydrogens is 434 g/mol. The van der Waals surface area contributed by atoms with Crippen LogP contribution in [-0.4, -0.2) is 17.7 Å². The van der Waals surface area contributed by atoms with E-state index < -0.39 is 6.09 Å². The van der Waals surface area contributed by atoms with Gasteiger partial charge >= 0.3 is 6.09 Å². The van der Waals surface area contributed by atoms with E-state index in [0.717, 1.165) is 12.8 Å². The fourth-order valence-electron chi connectivity index (χ4n) is 4.48. The summed E-state index contributed by atoms with van der Waals surface area (Å²) >= 11 is 0. The monoisotopic (exact) mass is 481 g/mol. The van der Waals surface area contributed by atoms with E-state index in [-0.39, 0.29) is 5.75 Å². The fraction of sp³-hybridized carbons (Fsp3) is 0.581. The van der Waals surface area contributed by atoms with Crippen LogP contribution in [0.5, 0.6) is 11.5 Å². The highest BCUT2D eigenvalue weighted by molar-refractivity contribution is 5.79. The Labute approximate surface area is 213 Å². The maximum atomic E-state index is 12.2. The molecule has 0 aliphatic carbocycles. The number of unbranched alkanes of at least 4 members (excludes halogenated alkanes) is 15. The number of benzene rings is 2. The first-order chi connectivity index (χ1) is 17.2. The third-order valence-electron chi connectivity index (χ3n) is 6.58. The van der Waals surface area contributed by atoms with Crippen molar-refractivity contribution < 1.29 is 14.6 Å². The van der Waals surface area contributed by atoms with E-state index in [1.807, 2.05) is 30.3 Å². The van der Waals surface area contributed by atoms with Crippen molar-refractivity contribution in [3.8, 4) is 22.6 Å². The maximum Gasteiger partial charge on any atom is 0.412 e. The lowest BCUT2D eigenvalue weighted by Gasteiger charge is -2.12. The number of rotatable bonds is 19. The predicted octanol–water partition coefficient (Wildman–Crippen LogP) is 9.41. The molecular formula is C31H47NO3. The average Bonchev–Trinajstić information content (AvgIpc) is 2.87. The first kappa shape index (κ1) is 28.7. The van der Waals surface area contributed by atoms with Gasteiger partial charge in [0.25, 0.3) is 0 Å². The van der Waals surface area contributed by atoms with Gasteiger partial charge in [-0.3, -0.25) is 0 Å². The minimum absolute atomic E-state index is 0.164. The van der Waals surface area contributed by atoms with Crippen LogP contribution >= 0.6 is 0 Å². The second-order valence-corrected chi connectivity index (χ2v) is 9.63. The van der Waals surface area contributed by atoms with Gasteiger partial charge in [0.1, 0.15) is 11.5 Å². The van der Waals surface area contributed by atoms with Gasteiger partial charge in [-0.1, -0.05) is 140 Å². The molecule has 0 aromatic heterocycles. The Balaban J connectivity index is 1.45. The normalized spacial score (nSPS) is 10.9. The van der Waals surface area contributed by atoms with Gasteiger partial charge in [0.2, 0.25) is 0 Å². The maximum absolute atomic E-state index is 12.2. The Kier molecular flexibility index (Phi) is 15.4. The zero-order valence-electron chi connectivity index (χ0n) is 21.9. The number of phenols is 1. The van der Waals surface area contributed by atoms with Crippen LogP contribution in [0.25, 0.3) is 11.1 Å². The van der Waals surface area contributed by atoms with Crippen LogP contribution in [-0.2, 0) is 0 Å². The van der Waals surface area contributed by atoms with Gasteiger partial charge < -0.3 is 15.2 Å². The minimum atomic E-state index is -0.450. The van der Waals surface area contributed by atoms with E-state index in [2.05, 4.69) is 12.2 Å². The molecule has 1 amide bonds. The number of ether oxygens (including phenoxy) is 1. The van der Waals surface area contributed by atoms with E-state index in [9.17, 15) is 9.90 Å². The van der Waals surface area contributed by atoms with Crippen molar-refractivity contribution in [2.75, 3.05) is 6.54 Å². The number of carbonyl (C=O) groups excluding carboxylic acids is 1. The molecule has 4 heteroatoms. The van der Waals surface area contributed by atoms with Crippen molar-refractivity contribution in [1.29, 1.82) is 0 Å². The molecule has 0 bridgehead atoms. The van der Waals surface area contributed by atoms with Crippen LogP contribution in [0.4, 0.5) is 4.79 Å². The number of amides is 1. The molecule has 194 valence electrons. The van der Waals surface area contributed by atoms with E-state index in [1.165, 1.54) is 89.9 Å². The second-order valence-electron chi connectivity index (χ2n) is 9.63. The van der Waals surface area contributed by atoms with Crippen LogP contribution in [0, 0.1) is 0 Å². The minimum Gasteiger partial charge on any atom is -0.507 e. The van der Waals surface area contributed by atoms with Gasteiger partial charge in [-0.05, 0) is 18.6 Å². The molecule has 0 unspecified atom stereocenters. The summed E-state index contributed by atoms with van der Waals surface area (Å²) in [5.41, 5.74) is 1.34. The third-order valence-corrected chi connectivity index (χ3v) is 6.58. The number of phenolic OH excluding ortho intramolecular Hbond substituents is 1. The SMILES string of the molecule is CCCCCCCCCCCCCCCCCCNC(=O)Oc1ccccc1-c1ccccc1O. The summed E-state index contributed by atoms with van der Waals surface area (Å²) in [6, 6.07) is 14.3. The smallest absolute Gasteiger partial charge is 0.412 e. The molecule has 0 spiro atoms. The lowest BCUT2D eigenvalue weighted by atomic mass is 10.0. The lowest BCUT2D eigenvalue weighted by molar-refractivity contribution is 0.200. The molecule has 0 saturated carbocycles. The molecule has 0 fully saturated rings. The van der Waals surface area contributed by atoms with Crippen LogP contribution in [0.15, 0.2) is 48.5 Å². The molecule has 0 heterocycles. The molecule has 0 atom stereocenters. The van der Waals surface area contributed by atoms with E-state index in [1.54, 1.807) is 18.2 Å². The Morgan fingerprint density at radius 3 is 1.66 bits per heavy atom. The summed E-state index contributed by atoms with van der Waals surface area (Å²) in [5, 5.41) is 13.0. The fourth-order valence-corrected chi connectivity index (χ4v) is 4.48. The second kappa shape index (κ2) is 18.8. The number of carbonyl (C=O) groups is 1. The van der Waals surface area contributed by atoms with Gasteiger partial charge in [0.05, 0.1) is 0 Å². The van der Waals surface area contributed by atoms with Crippen LogP contribution in [0.1, 0.15) is 110 Å². The third kappa shape index (κ3) is 12.7. The van der Waals surface area contributed by atoms with Gasteiger partial charge in [-0.2, -0.15) is 0 Å². The molecule has 0 aliphatic heterocycles. The molecule has 0 aliphatic rings. The standard InChI is InChI=1S/C31H47NO3/c1-2-3-4-5-6-7-8-9-10-11-12-13-14-15-16-21-26-32-31(34)35-30-25-20-18-23-28(30)27-22-17-19-24-29(27)33/h17-20,22-25,33H,2-16,21,26H2,1H3,(H,32,34). The Morgan fingerprint density at radius 2 is 1.11 bits per heavy atom. The molecule has 4 nitrogen and oxygen atoms in total. The first-order valence-electron chi connectivity index (χ1n) is 14.1. The predicted molar refractivity (Wildman–Crippen MR) is 147 cm³/mol. The highest BCUT2D eigenvalue weighted by atomic mass is 16.6. The molecule has 0 saturated heterocycles. The zero-order chi connectivity index (χ0) is 25.0. The van der Waals surface area contributed by atoms with Crippen molar-refractivity contribution in [3.63, 3.8) is 0 Å². The van der Waals surface area contributed by atoms with E-state index in [0.29, 0.717) is 23.4 Å². The molecule has 0 radical (unpaired) electrons. The summed E-state index contributed by atoms with van der Waals surface area (Å²) < 4.78 is 5.52. The quantitative estimate of drug-likeness (QED) is 0.196. The van der Waals surface area contributed by atoms with E-state index in [4.69, 9.17) is 4.74 Å². The van der Waals surface area contributed by atoms with Gasteiger partial charge in [-0.25, -0.2) is 4.79 Å². The molecule has 2 aromatic rings. The summed E-state index contributed by atoms with van der Waals surface area (Å²) in [7, 11) is 0. The zero-order valence-corrected chi connectivity index (χ0v) is 21.9. The van der Waals surface area contributed by atoms with Crippen LogP contribution in [0.2, 0.25) is 0 Å². The Morgan fingerprint density at radius 1 is 0.657 bits per heavy atom. The number of nitrogens with one attached hydrogen (secondary N) is 1. The summed E-state index contributed by atoms with van der Waals surface area (Å²) in [4.78, 5) is 12.2. The van der Waals surface area contributed by atoms with E-state index >= 15 is 0 Å².